The normalized spacial score (nSPS) is 14.4. The molecule has 2 heterocycles. The summed E-state index contributed by atoms with van der Waals surface area (Å²) in [5.74, 6) is 1.13. The van der Waals surface area contributed by atoms with Gasteiger partial charge in [0.2, 0.25) is 11.8 Å². The largest absolute Gasteiger partial charge is 0.508 e. The number of rotatable bonds is 2. The van der Waals surface area contributed by atoms with Gasteiger partial charge in [0.25, 0.3) is 0 Å². The first kappa shape index (κ1) is 19.0. The zero-order valence-electron chi connectivity index (χ0n) is 16.2. The smallest absolute Gasteiger partial charge is 0.228 e. The predicted octanol–water partition coefficient (Wildman–Crippen LogP) is 4.31. The molecule has 2 aromatic carbocycles. The van der Waals surface area contributed by atoms with Crippen molar-refractivity contribution in [2.75, 3.05) is 10.6 Å². The zero-order valence-corrected chi connectivity index (χ0v) is 16.2. The van der Waals surface area contributed by atoms with E-state index < -0.39 is 0 Å². The van der Waals surface area contributed by atoms with Crippen LogP contribution in [-0.2, 0) is 22.4 Å². The molecule has 2 amide bonds. The van der Waals surface area contributed by atoms with E-state index in [1.54, 1.807) is 12.1 Å². The van der Waals surface area contributed by atoms with Gasteiger partial charge in [-0.05, 0) is 46.2 Å². The van der Waals surface area contributed by atoms with Crippen molar-refractivity contribution in [1.29, 1.82) is 0 Å². The van der Waals surface area contributed by atoms with Crippen LogP contribution in [0.15, 0.2) is 30.3 Å². The average Bonchev–Trinajstić information content (AvgIpc) is 3.14. The lowest BCUT2D eigenvalue weighted by Gasteiger charge is -2.11. The van der Waals surface area contributed by atoms with E-state index in [1.807, 2.05) is 26.0 Å². The van der Waals surface area contributed by atoms with Crippen LogP contribution < -0.4 is 10.6 Å². The number of nitrogens with one attached hydrogen (secondary N) is 2. The van der Waals surface area contributed by atoms with E-state index in [9.17, 15) is 14.7 Å². The fraction of sp³-hybridized carbons (Fsp3) is 0.364. The van der Waals surface area contributed by atoms with Crippen molar-refractivity contribution in [2.45, 2.75) is 52.4 Å². The summed E-state index contributed by atoms with van der Waals surface area (Å²) < 4.78 is 0. The number of anilines is 2. The summed E-state index contributed by atoms with van der Waals surface area (Å²) in [4.78, 5) is 22.4. The van der Waals surface area contributed by atoms with Crippen LogP contribution in [0.1, 0.15) is 61.8 Å². The summed E-state index contributed by atoms with van der Waals surface area (Å²) >= 11 is 0. The number of aromatic hydroxyl groups is 1. The first-order valence-corrected chi connectivity index (χ1v) is 9.33. The van der Waals surface area contributed by atoms with Gasteiger partial charge < -0.3 is 15.7 Å². The molecule has 0 atom stereocenters. The number of para-hydroxylation sites is 1. The van der Waals surface area contributed by atoms with Crippen molar-refractivity contribution in [3.05, 3.63) is 52.6 Å². The Hall–Kier alpha value is -2.82. The van der Waals surface area contributed by atoms with Crippen molar-refractivity contribution in [3.63, 3.8) is 0 Å². The van der Waals surface area contributed by atoms with Gasteiger partial charge in [-0.2, -0.15) is 0 Å². The number of phenolic OH excluding ortho intramolecular Hbond substituents is 1. The monoisotopic (exact) mass is 366 g/mol. The minimum atomic E-state index is 0.00694. The van der Waals surface area contributed by atoms with E-state index >= 15 is 0 Å². The highest BCUT2D eigenvalue weighted by Gasteiger charge is 2.23. The minimum Gasteiger partial charge on any atom is -0.508 e. The first-order chi connectivity index (χ1) is 12.8. The third kappa shape index (κ3) is 3.97. The molecule has 0 saturated heterocycles. The number of hydrogen-bond acceptors (Lipinski definition) is 3. The summed E-state index contributed by atoms with van der Waals surface area (Å²) in [5, 5.41) is 15.2. The lowest BCUT2D eigenvalue weighted by Crippen LogP contribution is -2.05. The third-order valence-corrected chi connectivity index (χ3v) is 4.89. The second kappa shape index (κ2) is 7.43. The van der Waals surface area contributed by atoms with Gasteiger partial charge in [0, 0.05) is 11.4 Å². The topological polar surface area (TPSA) is 78.4 Å². The molecule has 0 spiro atoms. The molecule has 0 unspecified atom stereocenters. The molecule has 0 bridgehead atoms. The van der Waals surface area contributed by atoms with Crippen molar-refractivity contribution >= 4 is 23.2 Å². The zero-order chi connectivity index (χ0) is 19.7. The van der Waals surface area contributed by atoms with Crippen molar-refractivity contribution in [3.8, 4) is 5.75 Å². The van der Waals surface area contributed by atoms with Crippen LogP contribution in [0.25, 0.3) is 0 Å². The number of phenols is 1. The Balaban J connectivity index is 0.000000156. The molecule has 2 aliphatic heterocycles. The van der Waals surface area contributed by atoms with E-state index in [0.717, 1.165) is 28.1 Å². The molecule has 2 aliphatic rings. The number of carbonyl (C=O) groups excluding carboxylic acids is 2. The molecule has 0 aromatic heterocycles. The molecule has 3 N–H and O–H groups in total. The molecule has 0 fully saturated rings. The van der Waals surface area contributed by atoms with E-state index in [1.165, 1.54) is 5.56 Å². The van der Waals surface area contributed by atoms with Gasteiger partial charge in [0.05, 0.1) is 12.8 Å². The lowest BCUT2D eigenvalue weighted by molar-refractivity contribution is -0.115. The van der Waals surface area contributed by atoms with Gasteiger partial charge in [0.1, 0.15) is 5.75 Å². The van der Waals surface area contributed by atoms with Crippen LogP contribution in [0.2, 0.25) is 0 Å². The second-order valence-electron chi connectivity index (χ2n) is 7.71. The number of benzene rings is 2. The van der Waals surface area contributed by atoms with E-state index in [4.69, 9.17) is 0 Å². The first-order valence-electron chi connectivity index (χ1n) is 9.33. The quantitative estimate of drug-likeness (QED) is 0.693. The van der Waals surface area contributed by atoms with Crippen LogP contribution in [0.3, 0.4) is 0 Å². The highest BCUT2D eigenvalue weighted by Crippen LogP contribution is 2.35. The Morgan fingerprint density at radius 1 is 0.815 bits per heavy atom. The number of amides is 2. The van der Waals surface area contributed by atoms with Crippen molar-refractivity contribution in [1.82, 2.24) is 0 Å². The van der Waals surface area contributed by atoms with Gasteiger partial charge in [-0.15, -0.1) is 0 Å². The summed E-state index contributed by atoms with van der Waals surface area (Å²) in [5.41, 5.74) is 6.22. The molecule has 0 radical (unpaired) electrons. The SMILES string of the molecule is CC(C)c1cc(O)cc2c1NC(=O)C2.CC(C)c1cccc2c1NC(=O)C2. The van der Waals surface area contributed by atoms with E-state index in [0.29, 0.717) is 24.7 Å². The fourth-order valence-corrected chi connectivity index (χ4v) is 3.57. The number of carbonyl (C=O) groups is 2. The number of fused-ring (bicyclic) bond motifs is 2. The molecule has 5 heteroatoms. The van der Waals surface area contributed by atoms with Crippen LogP contribution in [0.5, 0.6) is 5.75 Å². The highest BCUT2D eigenvalue weighted by atomic mass is 16.3. The summed E-state index contributed by atoms with van der Waals surface area (Å²) in [6.45, 7) is 8.36. The van der Waals surface area contributed by atoms with Gasteiger partial charge in [-0.25, -0.2) is 0 Å². The van der Waals surface area contributed by atoms with E-state index in [-0.39, 0.29) is 17.6 Å². The fourth-order valence-electron chi connectivity index (χ4n) is 3.57. The van der Waals surface area contributed by atoms with Crippen LogP contribution in [-0.4, -0.2) is 16.9 Å². The Kier molecular flexibility index (Phi) is 5.22. The van der Waals surface area contributed by atoms with Crippen molar-refractivity contribution < 1.29 is 14.7 Å². The second-order valence-corrected chi connectivity index (χ2v) is 7.71. The lowest BCUT2D eigenvalue weighted by atomic mass is 9.98. The van der Waals surface area contributed by atoms with Crippen LogP contribution in [0, 0.1) is 0 Å². The molecule has 4 rings (SSSR count). The summed E-state index contributed by atoms with van der Waals surface area (Å²) in [6, 6.07) is 9.48. The van der Waals surface area contributed by atoms with Gasteiger partial charge in [-0.3, -0.25) is 9.59 Å². The highest BCUT2D eigenvalue weighted by molar-refractivity contribution is 6.01. The molecule has 27 heavy (non-hydrogen) atoms. The van der Waals surface area contributed by atoms with Crippen molar-refractivity contribution in [2.24, 2.45) is 0 Å². The molecular weight excluding hydrogens is 340 g/mol. The molecule has 2 aromatic rings. The Bertz CT molecular complexity index is 901. The van der Waals surface area contributed by atoms with Gasteiger partial charge >= 0.3 is 0 Å². The van der Waals surface area contributed by atoms with Crippen LogP contribution >= 0.6 is 0 Å². The van der Waals surface area contributed by atoms with Gasteiger partial charge in [-0.1, -0.05) is 45.9 Å². The molecule has 0 saturated carbocycles. The molecule has 0 aliphatic carbocycles. The predicted molar refractivity (Wildman–Crippen MR) is 107 cm³/mol. The molecular formula is C22H26N2O3. The molecule has 5 nitrogen and oxygen atoms in total. The maximum absolute atomic E-state index is 11.2. The Labute approximate surface area is 159 Å². The Morgan fingerprint density at radius 3 is 1.96 bits per heavy atom. The summed E-state index contributed by atoms with van der Waals surface area (Å²) in [6.07, 6.45) is 0.916. The molecule has 142 valence electrons. The van der Waals surface area contributed by atoms with E-state index in [2.05, 4.69) is 30.5 Å². The minimum absolute atomic E-state index is 0.00694. The van der Waals surface area contributed by atoms with Crippen LogP contribution in [0.4, 0.5) is 11.4 Å². The third-order valence-electron chi connectivity index (χ3n) is 4.89. The Morgan fingerprint density at radius 2 is 1.37 bits per heavy atom. The average molecular weight is 366 g/mol. The maximum atomic E-state index is 11.2. The maximum Gasteiger partial charge on any atom is 0.228 e. The van der Waals surface area contributed by atoms with Gasteiger partial charge in [0.15, 0.2) is 0 Å². The number of hydrogen-bond donors (Lipinski definition) is 3. The summed E-state index contributed by atoms with van der Waals surface area (Å²) in [7, 11) is 0. The standard InChI is InChI=1S/C11H13NO2.C11H13NO/c1-6(2)9-5-8(13)3-7-4-10(14)12-11(7)9;1-7(2)9-5-3-4-8-6-10(13)12-11(8)9/h3,5-6,13H,4H2,1-2H3,(H,12,14);3-5,7H,6H2,1-2H3,(H,12,13).